The second-order valence-electron chi connectivity index (χ2n) is 5.13. The fourth-order valence-electron chi connectivity index (χ4n) is 2.57. The van der Waals surface area contributed by atoms with Gasteiger partial charge in [0.2, 0.25) is 0 Å². The lowest BCUT2D eigenvalue weighted by Crippen LogP contribution is -2.30. The molecule has 1 aliphatic heterocycles. The van der Waals surface area contributed by atoms with Crippen LogP contribution < -0.4 is 5.73 Å². The number of hydrogen-bond acceptors (Lipinski definition) is 2. The molecular weight excluding hydrogens is 312 g/mol. The van der Waals surface area contributed by atoms with Crippen molar-refractivity contribution in [3.05, 3.63) is 34.3 Å². The van der Waals surface area contributed by atoms with E-state index < -0.39 is 0 Å². The molecule has 0 aromatic heterocycles. The van der Waals surface area contributed by atoms with Crippen LogP contribution in [0.1, 0.15) is 31.9 Å². The van der Waals surface area contributed by atoms with Gasteiger partial charge in [0.25, 0.3) is 0 Å². The van der Waals surface area contributed by atoms with E-state index in [0.717, 1.165) is 11.0 Å². The molecule has 0 radical (unpaired) electrons. The molecule has 1 aromatic rings. The Balaban J connectivity index is 0.00000162. The van der Waals surface area contributed by atoms with Crippen molar-refractivity contribution in [2.75, 3.05) is 13.1 Å². The molecule has 102 valence electrons. The van der Waals surface area contributed by atoms with Crippen LogP contribution in [0, 0.1) is 5.92 Å². The van der Waals surface area contributed by atoms with Gasteiger partial charge in [0, 0.05) is 23.1 Å². The Morgan fingerprint density at radius 3 is 2.67 bits per heavy atom. The summed E-state index contributed by atoms with van der Waals surface area (Å²) in [5, 5.41) is 0. The largest absolute Gasteiger partial charge is 0.328 e. The van der Waals surface area contributed by atoms with Gasteiger partial charge >= 0.3 is 0 Å². The maximum absolute atomic E-state index is 5.99. The summed E-state index contributed by atoms with van der Waals surface area (Å²) in [7, 11) is 0. The lowest BCUT2D eigenvalue weighted by atomic mass is 10.0. The quantitative estimate of drug-likeness (QED) is 0.915. The van der Waals surface area contributed by atoms with E-state index in [-0.39, 0.29) is 12.4 Å². The Morgan fingerprint density at radius 2 is 2.11 bits per heavy atom. The molecule has 0 aliphatic carbocycles. The molecule has 0 bridgehead atoms. The van der Waals surface area contributed by atoms with E-state index in [4.69, 9.17) is 5.73 Å². The molecule has 1 saturated heterocycles. The SMILES string of the molecule is CC(N)C1CCN(C(C)c2cccc(Br)c2)C1.Cl. The molecule has 1 aliphatic rings. The van der Waals surface area contributed by atoms with Crippen LogP contribution in [0.5, 0.6) is 0 Å². The first-order valence-electron chi connectivity index (χ1n) is 6.33. The second kappa shape index (κ2) is 6.90. The average molecular weight is 334 g/mol. The lowest BCUT2D eigenvalue weighted by Gasteiger charge is -2.25. The van der Waals surface area contributed by atoms with E-state index in [0.29, 0.717) is 18.0 Å². The van der Waals surface area contributed by atoms with E-state index in [1.165, 1.54) is 18.5 Å². The molecule has 18 heavy (non-hydrogen) atoms. The number of rotatable bonds is 3. The number of nitrogens with zero attached hydrogens (tertiary/aromatic N) is 1. The Morgan fingerprint density at radius 1 is 1.39 bits per heavy atom. The van der Waals surface area contributed by atoms with Crippen LogP contribution in [0.4, 0.5) is 0 Å². The Kier molecular flexibility index (Phi) is 6.12. The minimum atomic E-state index is 0. The highest BCUT2D eigenvalue weighted by Gasteiger charge is 2.28. The first-order valence-corrected chi connectivity index (χ1v) is 7.12. The smallest absolute Gasteiger partial charge is 0.0320 e. The molecule has 3 atom stereocenters. The van der Waals surface area contributed by atoms with E-state index in [1.54, 1.807) is 0 Å². The van der Waals surface area contributed by atoms with Gasteiger partial charge in [-0.25, -0.2) is 0 Å². The van der Waals surface area contributed by atoms with E-state index in [9.17, 15) is 0 Å². The number of benzene rings is 1. The molecule has 2 N–H and O–H groups in total. The number of nitrogens with two attached hydrogens (primary N) is 1. The van der Waals surface area contributed by atoms with Gasteiger partial charge in [-0.05, 0) is 50.4 Å². The molecule has 1 fully saturated rings. The van der Waals surface area contributed by atoms with E-state index in [2.05, 4.69) is 58.9 Å². The van der Waals surface area contributed by atoms with Gasteiger partial charge in [0.1, 0.15) is 0 Å². The van der Waals surface area contributed by atoms with Crippen LogP contribution in [0.15, 0.2) is 28.7 Å². The highest BCUT2D eigenvalue weighted by Crippen LogP contribution is 2.29. The summed E-state index contributed by atoms with van der Waals surface area (Å²) < 4.78 is 1.16. The van der Waals surface area contributed by atoms with Crippen molar-refractivity contribution in [1.82, 2.24) is 4.90 Å². The molecule has 0 spiro atoms. The predicted molar refractivity (Wildman–Crippen MR) is 83.1 cm³/mol. The first kappa shape index (κ1) is 16.0. The fourth-order valence-corrected chi connectivity index (χ4v) is 2.99. The van der Waals surface area contributed by atoms with E-state index in [1.807, 2.05) is 0 Å². The Bertz CT molecular complexity index is 384. The summed E-state index contributed by atoms with van der Waals surface area (Å²) in [6.07, 6.45) is 1.23. The third-order valence-corrected chi connectivity index (χ3v) is 4.37. The molecule has 4 heteroatoms. The molecule has 2 rings (SSSR count). The van der Waals surface area contributed by atoms with Crippen molar-refractivity contribution in [2.45, 2.75) is 32.4 Å². The van der Waals surface area contributed by atoms with Crippen LogP contribution in [0.3, 0.4) is 0 Å². The maximum atomic E-state index is 5.99. The fraction of sp³-hybridized carbons (Fsp3) is 0.571. The Labute approximate surface area is 124 Å². The van der Waals surface area contributed by atoms with Crippen LogP contribution >= 0.6 is 28.3 Å². The standard InChI is InChI=1S/C14H21BrN2.ClH/c1-10(16)13-6-7-17(9-13)11(2)12-4-3-5-14(15)8-12;/h3-5,8,10-11,13H,6-7,9,16H2,1-2H3;1H. The van der Waals surface area contributed by atoms with Crippen LogP contribution in [-0.2, 0) is 0 Å². The first-order chi connectivity index (χ1) is 8.08. The van der Waals surface area contributed by atoms with Crippen LogP contribution in [0.25, 0.3) is 0 Å². The summed E-state index contributed by atoms with van der Waals surface area (Å²) in [6, 6.07) is 9.39. The molecule has 1 heterocycles. The number of halogens is 2. The summed E-state index contributed by atoms with van der Waals surface area (Å²) in [4.78, 5) is 2.54. The molecule has 0 saturated carbocycles. The van der Waals surface area contributed by atoms with Gasteiger partial charge < -0.3 is 5.73 Å². The number of likely N-dealkylation sites (tertiary alicyclic amines) is 1. The zero-order valence-electron chi connectivity index (χ0n) is 11.0. The molecule has 0 amide bonds. The zero-order valence-corrected chi connectivity index (χ0v) is 13.4. The predicted octanol–water partition coefficient (Wildman–Crippen LogP) is 3.60. The van der Waals surface area contributed by atoms with Crippen molar-refractivity contribution in [1.29, 1.82) is 0 Å². The average Bonchev–Trinajstić information content (AvgIpc) is 2.77. The van der Waals surface area contributed by atoms with Gasteiger partial charge in [-0.2, -0.15) is 0 Å². The minimum absolute atomic E-state index is 0. The van der Waals surface area contributed by atoms with Crippen molar-refractivity contribution in [3.63, 3.8) is 0 Å². The molecular formula is C14H22BrClN2. The summed E-state index contributed by atoms with van der Waals surface area (Å²) >= 11 is 3.54. The lowest BCUT2D eigenvalue weighted by molar-refractivity contribution is 0.248. The van der Waals surface area contributed by atoms with Gasteiger partial charge in [0.05, 0.1) is 0 Å². The van der Waals surface area contributed by atoms with E-state index >= 15 is 0 Å². The van der Waals surface area contributed by atoms with Gasteiger partial charge in [-0.15, -0.1) is 12.4 Å². The van der Waals surface area contributed by atoms with Crippen molar-refractivity contribution < 1.29 is 0 Å². The maximum Gasteiger partial charge on any atom is 0.0320 e. The summed E-state index contributed by atoms with van der Waals surface area (Å²) in [5.74, 6) is 0.657. The van der Waals surface area contributed by atoms with Crippen molar-refractivity contribution in [2.24, 2.45) is 11.7 Å². The van der Waals surface area contributed by atoms with Crippen molar-refractivity contribution >= 4 is 28.3 Å². The van der Waals surface area contributed by atoms with Crippen LogP contribution in [0.2, 0.25) is 0 Å². The molecule has 1 aromatic carbocycles. The van der Waals surface area contributed by atoms with Gasteiger partial charge in [-0.1, -0.05) is 28.1 Å². The highest BCUT2D eigenvalue weighted by atomic mass is 79.9. The van der Waals surface area contributed by atoms with Crippen molar-refractivity contribution in [3.8, 4) is 0 Å². The second-order valence-corrected chi connectivity index (χ2v) is 6.05. The third-order valence-electron chi connectivity index (χ3n) is 3.88. The van der Waals surface area contributed by atoms with Crippen LogP contribution in [-0.4, -0.2) is 24.0 Å². The highest BCUT2D eigenvalue weighted by molar-refractivity contribution is 9.10. The monoisotopic (exact) mass is 332 g/mol. The third kappa shape index (κ3) is 3.70. The number of hydrogen-bond donors (Lipinski definition) is 1. The minimum Gasteiger partial charge on any atom is -0.328 e. The summed E-state index contributed by atoms with van der Waals surface area (Å²) in [6.45, 7) is 6.70. The van der Waals surface area contributed by atoms with Gasteiger partial charge in [0.15, 0.2) is 0 Å². The summed E-state index contributed by atoms with van der Waals surface area (Å²) in [5.41, 5.74) is 7.37. The topological polar surface area (TPSA) is 29.3 Å². The Hall–Kier alpha value is -0.0900. The molecule has 2 nitrogen and oxygen atoms in total. The molecule has 3 unspecified atom stereocenters. The zero-order chi connectivity index (χ0) is 12.4. The van der Waals surface area contributed by atoms with Gasteiger partial charge in [-0.3, -0.25) is 4.90 Å². The normalized spacial score (nSPS) is 23.4.